The Hall–Kier alpha value is -1.42. The molecule has 1 aliphatic heterocycles. The van der Waals surface area contributed by atoms with Gasteiger partial charge in [0.25, 0.3) is 0 Å². The van der Waals surface area contributed by atoms with Gasteiger partial charge in [-0.25, -0.2) is 4.39 Å². The van der Waals surface area contributed by atoms with Crippen molar-refractivity contribution in [3.05, 3.63) is 29.6 Å². The van der Waals surface area contributed by atoms with Gasteiger partial charge < -0.3 is 9.47 Å². The molecule has 16 heavy (non-hydrogen) atoms. The average Bonchev–Trinajstić information content (AvgIpc) is 2.28. The summed E-state index contributed by atoms with van der Waals surface area (Å²) >= 11 is 0. The quantitative estimate of drug-likeness (QED) is 0.773. The first-order chi connectivity index (χ1) is 7.69. The largest absolute Gasteiger partial charge is 0.497 e. The maximum absolute atomic E-state index is 13.2. The van der Waals surface area contributed by atoms with E-state index in [-0.39, 0.29) is 17.7 Å². The molecule has 0 aromatic heterocycles. The Kier molecular flexibility index (Phi) is 3.19. The molecular weight excluding hydrogens is 211 g/mol. The number of carbonyl (C=O) groups excluding carboxylic acids is 1. The fourth-order valence-electron chi connectivity index (χ4n) is 1.78. The Morgan fingerprint density at radius 3 is 2.94 bits per heavy atom. The molecule has 1 atom stereocenters. The number of rotatable bonds is 2. The van der Waals surface area contributed by atoms with Crippen LogP contribution in [-0.2, 0) is 9.53 Å². The van der Waals surface area contributed by atoms with E-state index >= 15 is 0 Å². The van der Waals surface area contributed by atoms with Crippen molar-refractivity contribution in [3.63, 3.8) is 0 Å². The lowest BCUT2D eigenvalue weighted by Crippen LogP contribution is -2.19. The summed E-state index contributed by atoms with van der Waals surface area (Å²) in [6, 6.07) is 4.38. The van der Waals surface area contributed by atoms with Crippen LogP contribution in [0.4, 0.5) is 4.39 Å². The summed E-state index contributed by atoms with van der Waals surface area (Å²) in [5, 5.41) is 0. The molecule has 3 nitrogen and oxygen atoms in total. The second kappa shape index (κ2) is 4.61. The molecule has 1 aliphatic rings. The molecule has 1 saturated heterocycles. The normalized spacial score (nSPS) is 20.9. The van der Waals surface area contributed by atoms with Crippen molar-refractivity contribution in [2.45, 2.75) is 18.9 Å². The van der Waals surface area contributed by atoms with Gasteiger partial charge >= 0.3 is 0 Å². The van der Waals surface area contributed by atoms with Gasteiger partial charge in [-0.15, -0.1) is 0 Å². The van der Waals surface area contributed by atoms with Crippen LogP contribution in [0.2, 0.25) is 0 Å². The summed E-state index contributed by atoms with van der Waals surface area (Å²) in [5.41, 5.74) is 0.657. The summed E-state index contributed by atoms with van der Waals surface area (Å²) in [7, 11) is 1.48. The van der Waals surface area contributed by atoms with E-state index in [0.717, 1.165) is 0 Å². The molecule has 0 radical (unpaired) electrons. The van der Waals surface area contributed by atoms with Crippen LogP contribution in [0.5, 0.6) is 5.75 Å². The lowest BCUT2D eigenvalue weighted by Gasteiger charge is -2.22. The van der Waals surface area contributed by atoms with Crippen LogP contribution in [0.25, 0.3) is 0 Å². The number of methoxy groups -OCH3 is 1. The second-order valence-corrected chi connectivity index (χ2v) is 3.78. The van der Waals surface area contributed by atoms with Crippen molar-refractivity contribution < 1.29 is 18.7 Å². The highest BCUT2D eigenvalue weighted by molar-refractivity contribution is 5.79. The smallest absolute Gasteiger partial charge is 0.138 e. The minimum Gasteiger partial charge on any atom is -0.497 e. The standard InChI is InChI=1S/C12H13FO3/c1-15-11-5-8(4-9(13)6-11)12-7-10(14)2-3-16-12/h4-6,12H,2-3,7H2,1H3. The Morgan fingerprint density at radius 2 is 2.25 bits per heavy atom. The van der Waals surface area contributed by atoms with E-state index in [1.165, 1.54) is 19.2 Å². The van der Waals surface area contributed by atoms with Gasteiger partial charge in [-0.2, -0.15) is 0 Å². The SMILES string of the molecule is COc1cc(F)cc(C2CC(=O)CCO2)c1. The number of hydrogen-bond donors (Lipinski definition) is 0. The molecule has 86 valence electrons. The van der Waals surface area contributed by atoms with Gasteiger partial charge in [-0.1, -0.05) is 0 Å². The van der Waals surface area contributed by atoms with Gasteiger partial charge in [0.2, 0.25) is 0 Å². The molecule has 1 fully saturated rings. The lowest BCUT2D eigenvalue weighted by atomic mass is 10.0. The number of benzene rings is 1. The van der Waals surface area contributed by atoms with Gasteiger partial charge in [0.05, 0.1) is 19.8 Å². The highest BCUT2D eigenvalue weighted by Crippen LogP contribution is 2.29. The molecule has 0 amide bonds. The van der Waals surface area contributed by atoms with Gasteiger partial charge in [0, 0.05) is 18.9 Å². The molecular formula is C12H13FO3. The number of ether oxygens (including phenoxy) is 2. The van der Waals surface area contributed by atoms with Crippen molar-refractivity contribution in [2.75, 3.05) is 13.7 Å². The number of Topliss-reactive ketones (excluding diaryl/α,β-unsaturated/α-hetero) is 1. The van der Waals surface area contributed by atoms with Crippen molar-refractivity contribution in [2.24, 2.45) is 0 Å². The molecule has 0 saturated carbocycles. The summed E-state index contributed by atoms with van der Waals surface area (Å²) in [4.78, 5) is 11.3. The lowest BCUT2D eigenvalue weighted by molar-refractivity contribution is -0.128. The van der Waals surface area contributed by atoms with Crippen LogP contribution >= 0.6 is 0 Å². The van der Waals surface area contributed by atoms with E-state index < -0.39 is 0 Å². The van der Waals surface area contributed by atoms with Crippen molar-refractivity contribution in [1.82, 2.24) is 0 Å². The average molecular weight is 224 g/mol. The van der Waals surface area contributed by atoms with E-state index in [1.807, 2.05) is 0 Å². The Bertz CT molecular complexity index is 403. The number of carbonyl (C=O) groups is 1. The maximum Gasteiger partial charge on any atom is 0.138 e. The van der Waals surface area contributed by atoms with Crippen molar-refractivity contribution in [3.8, 4) is 5.75 Å². The van der Waals surface area contributed by atoms with Gasteiger partial charge in [-0.05, 0) is 17.7 Å². The Balaban J connectivity index is 2.24. The molecule has 1 unspecified atom stereocenters. The zero-order chi connectivity index (χ0) is 11.5. The van der Waals surface area contributed by atoms with Crippen LogP contribution in [0, 0.1) is 5.82 Å². The van der Waals surface area contributed by atoms with Crippen molar-refractivity contribution >= 4 is 5.78 Å². The molecule has 1 aromatic rings. The van der Waals surface area contributed by atoms with Crippen LogP contribution in [0.15, 0.2) is 18.2 Å². The minimum absolute atomic E-state index is 0.152. The first-order valence-electron chi connectivity index (χ1n) is 5.17. The Labute approximate surface area is 93.2 Å². The number of hydrogen-bond acceptors (Lipinski definition) is 3. The summed E-state index contributed by atoms with van der Waals surface area (Å²) in [6.45, 7) is 0.405. The van der Waals surface area contributed by atoms with Gasteiger partial charge in [0.1, 0.15) is 17.3 Å². The van der Waals surface area contributed by atoms with Crippen LogP contribution < -0.4 is 4.74 Å². The highest BCUT2D eigenvalue weighted by Gasteiger charge is 2.22. The van der Waals surface area contributed by atoms with Crippen LogP contribution in [0.1, 0.15) is 24.5 Å². The fraction of sp³-hybridized carbons (Fsp3) is 0.417. The number of ketones is 1. The summed E-state index contributed by atoms with van der Waals surface area (Å²) < 4.78 is 23.7. The minimum atomic E-state index is -0.379. The zero-order valence-electron chi connectivity index (χ0n) is 9.03. The molecule has 1 aromatic carbocycles. The molecule has 0 aliphatic carbocycles. The summed E-state index contributed by atoms with van der Waals surface area (Å²) in [5.74, 6) is 0.215. The molecule has 0 N–H and O–H groups in total. The van der Waals surface area contributed by atoms with E-state index in [1.54, 1.807) is 6.07 Å². The molecule has 0 spiro atoms. The predicted octanol–water partition coefficient (Wildman–Crippen LogP) is 2.25. The maximum atomic E-state index is 13.2. The first-order valence-corrected chi connectivity index (χ1v) is 5.17. The second-order valence-electron chi connectivity index (χ2n) is 3.78. The molecule has 4 heteroatoms. The van der Waals surface area contributed by atoms with Crippen LogP contribution in [-0.4, -0.2) is 19.5 Å². The molecule has 0 bridgehead atoms. The first kappa shape index (κ1) is 11.1. The highest BCUT2D eigenvalue weighted by atomic mass is 19.1. The topological polar surface area (TPSA) is 35.5 Å². The van der Waals surface area contributed by atoms with Gasteiger partial charge in [0.15, 0.2) is 0 Å². The Morgan fingerprint density at radius 1 is 1.44 bits per heavy atom. The van der Waals surface area contributed by atoms with E-state index in [9.17, 15) is 9.18 Å². The van der Waals surface area contributed by atoms with Crippen LogP contribution in [0.3, 0.4) is 0 Å². The van der Waals surface area contributed by atoms with E-state index in [0.29, 0.717) is 30.8 Å². The zero-order valence-corrected chi connectivity index (χ0v) is 9.03. The fourth-order valence-corrected chi connectivity index (χ4v) is 1.78. The van der Waals surface area contributed by atoms with Crippen molar-refractivity contribution in [1.29, 1.82) is 0 Å². The summed E-state index contributed by atoms with van der Waals surface area (Å²) in [6.07, 6.45) is 0.418. The predicted molar refractivity (Wildman–Crippen MR) is 55.9 cm³/mol. The molecule has 1 heterocycles. The monoisotopic (exact) mass is 224 g/mol. The van der Waals surface area contributed by atoms with E-state index in [2.05, 4.69) is 0 Å². The third kappa shape index (κ3) is 2.39. The number of halogens is 1. The third-order valence-corrected chi connectivity index (χ3v) is 2.61. The molecule has 2 rings (SSSR count). The third-order valence-electron chi connectivity index (χ3n) is 2.61. The van der Waals surface area contributed by atoms with Gasteiger partial charge in [-0.3, -0.25) is 4.79 Å². The van der Waals surface area contributed by atoms with E-state index in [4.69, 9.17) is 9.47 Å².